The lowest BCUT2D eigenvalue weighted by Crippen LogP contribution is -1.93. The number of benzene rings is 2. The van der Waals surface area contributed by atoms with Crippen molar-refractivity contribution in [1.29, 1.82) is 0 Å². The molecule has 17 heavy (non-hydrogen) atoms. The summed E-state index contributed by atoms with van der Waals surface area (Å²) in [5, 5.41) is 9.53. The maximum atomic E-state index is 9.53. The first-order valence-corrected chi connectivity index (χ1v) is 5.97. The summed E-state index contributed by atoms with van der Waals surface area (Å²) in [5.74, 6) is 0.243. The minimum atomic E-state index is 0.243. The van der Waals surface area contributed by atoms with E-state index in [1.54, 1.807) is 12.1 Å². The van der Waals surface area contributed by atoms with E-state index >= 15 is 0 Å². The Hall–Kier alpha value is -1.81. The number of hydrogen-bond donors (Lipinski definition) is 1. The van der Waals surface area contributed by atoms with E-state index in [9.17, 15) is 5.11 Å². The van der Waals surface area contributed by atoms with Gasteiger partial charge in [-0.2, -0.15) is 0 Å². The van der Waals surface area contributed by atoms with E-state index in [0.717, 1.165) is 21.5 Å². The zero-order chi connectivity index (χ0) is 11.8. The SMILES string of the molecule is Oc1cccc(-n2c(Br)nc3ccccc32)c1. The van der Waals surface area contributed by atoms with Gasteiger partial charge in [-0.3, -0.25) is 4.57 Å². The molecule has 84 valence electrons. The molecule has 0 spiro atoms. The molecule has 1 N–H and O–H groups in total. The molecule has 2 aromatic carbocycles. The highest BCUT2D eigenvalue weighted by molar-refractivity contribution is 9.10. The predicted octanol–water partition coefficient (Wildman–Crippen LogP) is 3.49. The van der Waals surface area contributed by atoms with Gasteiger partial charge in [0.2, 0.25) is 0 Å². The van der Waals surface area contributed by atoms with E-state index in [-0.39, 0.29) is 5.75 Å². The first-order chi connectivity index (χ1) is 8.25. The molecule has 0 aliphatic rings. The van der Waals surface area contributed by atoms with Gasteiger partial charge in [-0.1, -0.05) is 18.2 Å². The number of phenols is 1. The van der Waals surface area contributed by atoms with E-state index in [1.165, 1.54) is 0 Å². The molecular formula is C13H9BrN2O. The molecule has 4 heteroatoms. The Labute approximate surface area is 106 Å². The average Bonchev–Trinajstić information content (AvgIpc) is 2.64. The van der Waals surface area contributed by atoms with Crippen molar-refractivity contribution >= 4 is 27.0 Å². The third-order valence-electron chi connectivity index (χ3n) is 2.61. The second-order valence-electron chi connectivity index (χ2n) is 3.72. The van der Waals surface area contributed by atoms with Crippen LogP contribution in [-0.2, 0) is 0 Å². The van der Waals surface area contributed by atoms with Crippen molar-refractivity contribution in [2.75, 3.05) is 0 Å². The van der Waals surface area contributed by atoms with Gasteiger partial charge in [0, 0.05) is 6.07 Å². The highest BCUT2D eigenvalue weighted by Gasteiger charge is 2.09. The van der Waals surface area contributed by atoms with E-state index in [2.05, 4.69) is 20.9 Å². The van der Waals surface area contributed by atoms with Crippen LogP contribution in [0.25, 0.3) is 16.7 Å². The van der Waals surface area contributed by atoms with Crippen LogP contribution in [0.3, 0.4) is 0 Å². The number of rotatable bonds is 1. The summed E-state index contributed by atoms with van der Waals surface area (Å²) < 4.78 is 2.68. The smallest absolute Gasteiger partial charge is 0.182 e. The molecule has 0 unspecified atom stereocenters. The van der Waals surface area contributed by atoms with Crippen LogP contribution < -0.4 is 0 Å². The normalized spacial score (nSPS) is 10.9. The maximum Gasteiger partial charge on any atom is 0.182 e. The quantitative estimate of drug-likeness (QED) is 0.744. The van der Waals surface area contributed by atoms with Crippen LogP contribution in [0.15, 0.2) is 53.3 Å². The molecule has 3 nitrogen and oxygen atoms in total. The third kappa shape index (κ3) is 1.70. The second kappa shape index (κ2) is 3.89. The van der Waals surface area contributed by atoms with Crippen LogP contribution in [0.1, 0.15) is 0 Å². The number of fused-ring (bicyclic) bond motifs is 1. The highest BCUT2D eigenvalue weighted by atomic mass is 79.9. The molecule has 1 heterocycles. The Morgan fingerprint density at radius 1 is 1.06 bits per heavy atom. The predicted molar refractivity (Wildman–Crippen MR) is 70.4 cm³/mol. The number of hydrogen-bond acceptors (Lipinski definition) is 2. The minimum absolute atomic E-state index is 0.243. The van der Waals surface area contributed by atoms with Crippen LogP contribution >= 0.6 is 15.9 Å². The van der Waals surface area contributed by atoms with Gasteiger partial charge in [-0.15, -0.1) is 0 Å². The van der Waals surface area contributed by atoms with E-state index in [0.29, 0.717) is 0 Å². The molecule has 0 saturated heterocycles. The Morgan fingerprint density at radius 3 is 2.71 bits per heavy atom. The Morgan fingerprint density at radius 2 is 1.88 bits per heavy atom. The van der Waals surface area contributed by atoms with Crippen molar-refractivity contribution in [1.82, 2.24) is 9.55 Å². The maximum absolute atomic E-state index is 9.53. The molecule has 0 bridgehead atoms. The molecule has 0 amide bonds. The number of phenolic OH excluding ortho intramolecular Hbond substituents is 1. The van der Waals surface area contributed by atoms with Crippen molar-refractivity contribution in [3.05, 3.63) is 53.3 Å². The van der Waals surface area contributed by atoms with Gasteiger partial charge in [-0.25, -0.2) is 4.98 Å². The lowest BCUT2D eigenvalue weighted by atomic mass is 10.2. The van der Waals surface area contributed by atoms with Crippen molar-refractivity contribution in [2.24, 2.45) is 0 Å². The van der Waals surface area contributed by atoms with Crippen LogP contribution in [0.2, 0.25) is 0 Å². The lowest BCUT2D eigenvalue weighted by Gasteiger charge is -2.06. The molecule has 3 aromatic rings. The van der Waals surface area contributed by atoms with Gasteiger partial charge in [0.15, 0.2) is 4.73 Å². The van der Waals surface area contributed by atoms with Crippen LogP contribution in [0, 0.1) is 0 Å². The van der Waals surface area contributed by atoms with Gasteiger partial charge in [0.05, 0.1) is 16.7 Å². The van der Waals surface area contributed by atoms with Gasteiger partial charge >= 0.3 is 0 Å². The molecule has 0 atom stereocenters. The number of aromatic hydroxyl groups is 1. The number of imidazole rings is 1. The van der Waals surface area contributed by atoms with Gasteiger partial charge in [0.25, 0.3) is 0 Å². The van der Waals surface area contributed by atoms with Gasteiger partial charge < -0.3 is 5.11 Å². The average molecular weight is 289 g/mol. The van der Waals surface area contributed by atoms with E-state index < -0.39 is 0 Å². The summed E-state index contributed by atoms with van der Waals surface area (Å²) in [6.07, 6.45) is 0. The molecule has 3 rings (SSSR count). The third-order valence-corrected chi connectivity index (χ3v) is 3.14. The summed E-state index contributed by atoms with van der Waals surface area (Å²) in [5.41, 5.74) is 2.80. The van der Waals surface area contributed by atoms with Gasteiger partial charge in [-0.05, 0) is 40.2 Å². The number of aromatic nitrogens is 2. The van der Waals surface area contributed by atoms with E-state index in [4.69, 9.17) is 0 Å². The van der Waals surface area contributed by atoms with Crippen LogP contribution in [-0.4, -0.2) is 14.7 Å². The molecule has 1 aromatic heterocycles. The number of para-hydroxylation sites is 2. The monoisotopic (exact) mass is 288 g/mol. The summed E-state index contributed by atoms with van der Waals surface area (Å²) in [7, 11) is 0. The summed E-state index contributed by atoms with van der Waals surface area (Å²) in [4.78, 5) is 4.42. The van der Waals surface area contributed by atoms with Crippen molar-refractivity contribution in [3.63, 3.8) is 0 Å². The molecule has 0 fully saturated rings. The first-order valence-electron chi connectivity index (χ1n) is 5.18. The fourth-order valence-corrected chi connectivity index (χ4v) is 2.46. The van der Waals surface area contributed by atoms with Gasteiger partial charge in [0.1, 0.15) is 5.75 Å². The van der Waals surface area contributed by atoms with E-state index in [1.807, 2.05) is 41.0 Å². The van der Waals surface area contributed by atoms with Crippen molar-refractivity contribution in [2.45, 2.75) is 0 Å². The largest absolute Gasteiger partial charge is 0.508 e. The van der Waals surface area contributed by atoms with Crippen LogP contribution in [0.5, 0.6) is 5.75 Å². The summed E-state index contributed by atoms with van der Waals surface area (Å²) >= 11 is 3.44. The Balaban J connectivity index is 2.33. The number of halogens is 1. The summed E-state index contributed by atoms with van der Waals surface area (Å²) in [6, 6.07) is 15.0. The van der Waals surface area contributed by atoms with Crippen molar-refractivity contribution in [3.8, 4) is 11.4 Å². The molecule has 0 radical (unpaired) electrons. The highest BCUT2D eigenvalue weighted by Crippen LogP contribution is 2.26. The molecular weight excluding hydrogens is 280 g/mol. The molecule has 0 saturated carbocycles. The summed E-state index contributed by atoms with van der Waals surface area (Å²) in [6.45, 7) is 0. The molecule has 0 aliphatic heterocycles. The molecule has 0 aliphatic carbocycles. The van der Waals surface area contributed by atoms with Crippen LogP contribution in [0.4, 0.5) is 0 Å². The van der Waals surface area contributed by atoms with Crippen molar-refractivity contribution < 1.29 is 5.11 Å². The lowest BCUT2D eigenvalue weighted by molar-refractivity contribution is 0.475. The standard InChI is InChI=1S/C13H9BrN2O/c14-13-15-11-6-1-2-7-12(11)16(13)9-4-3-5-10(17)8-9/h1-8,17H. The fourth-order valence-electron chi connectivity index (χ4n) is 1.87. The Kier molecular flexibility index (Phi) is 2.37. The topological polar surface area (TPSA) is 38.0 Å². The number of nitrogens with zero attached hydrogens (tertiary/aromatic N) is 2. The minimum Gasteiger partial charge on any atom is -0.508 e. The zero-order valence-electron chi connectivity index (χ0n) is 8.84. The first kappa shape index (κ1) is 10.4. The zero-order valence-corrected chi connectivity index (χ0v) is 10.4. The Bertz CT molecular complexity index is 691. The fraction of sp³-hybridized carbons (Fsp3) is 0. The second-order valence-corrected chi connectivity index (χ2v) is 4.43.